The molecule has 0 unspecified atom stereocenters. The molecule has 150 valence electrons. The number of ketones is 1. The minimum atomic E-state index is -1.35. The quantitative estimate of drug-likeness (QED) is 0.536. The van der Waals surface area contributed by atoms with E-state index < -0.39 is 30.3 Å². The number of fused-ring (bicyclic) bond motifs is 3. The molecule has 8 heteroatoms. The highest BCUT2D eigenvalue weighted by molar-refractivity contribution is 6.02. The van der Waals surface area contributed by atoms with Crippen molar-refractivity contribution in [1.82, 2.24) is 0 Å². The van der Waals surface area contributed by atoms with Gasteiger partial charge in [-0.2, -0.15) is 0 Å². The van der Waals surface area contributed by atoms with Crippen LogP contribution in [0.25, 0.3) is 0 Å². The summed E-state index contributed by atoms with van der Waals surface area (Å²) in [4.78, 5) is 36.9. The van der Waals surface area contributed by atoms with Gasteiger partial charge >= 0.3 is 11.9 Å². The summed E-state index contributed by atoms with van der Waals surface area (Å²) in [6, 6.07) is 0. The van der Waals surface area contributed by atoms with E-state index in [0.29, 0.717) is 11.3 Å². The number of aliphatic hydroxyl groups excluding tert-OH is 2. The molecule has 0 aromatic carbocycles. The van der Waals surface area contributed by atoms with Crippen molar-refractivity contribution in [2.24, 2.45) is 5.92 Å². The third-order valence-corrected chi connectivity index (χ3v) is 4.94. The molecule has 3 heterocycles. The molecule has 2 bridgehead atoms. The number of ether oxygens (including phenoxy) is 3. The molecule has 3 aliphatic rings. The first-order chi connectivity index (χ1) is 13.2. The molecule has 2 N–H and O–H groups in total. The molecule has 0 aromatic heterocycles. The van der Waals surface area contributed by atoms with Gasteiger partial charge in [0.15, 0.2) is 5.60 Å². The Morgan fingerprint density at radius 1 is 1.39 bits per heavy atom. The Hall–Kier alpha value is -2.71. The van der Waals surface area contributed by atoms with Crippen LogP contribution in [-0.2, 0) is 28.6 Å². The summed E-state index contributed by atoms with van der Waals surface area (Å²) in [6.45, 7) is 4.04. The number of carbonyl (C=O) groups excluding carboxylic acids is 3. The molecule has 3 aliphatic heterocycles. The van der Waals surface area contributed by atoms with Gasteiger partial charge in [0, 0.05) is 29.7 Å². The fourth-order valence-electron chi connectivity index (χ4n) is 3.36. The van der Waals surface area contributed by atoms with Crippen molar-refractivity contribution in [2.75, 3.05) is 13.2 Å². The zero-order valence-corrected chi connectivity index (χ0v) is 15.9. The van der Waals surface area contributed by atoms with Crippen molar-refractivity contribution in [3.63, 3.8) is 0 Å². The molecule has 3 rings (SSSR count). The van der Waals surface area contributed by atoms with Crippen LogP contribution in [0.4, 0.5) is 0 Å². The molecule has 3 atom stereocenters. The number of carbonyl (C=O) groups is 3. The summed E-state index contributed by atoms with van der Waals surface area (Å²) in [7, 11) is 0. The smallest absolute Gasteiger partial charge is 0.342 e. The maximum atomic E-state index is 12.4. The predicted octanol–water partition coefficient (Wildman–Crippen LogP) is 0.848. The van der Waals surface area contributed by atoms with Crippen molar-refractivity contribution in [1.29, 1.82) is 0 Å². The monoisotopic (exact) mass is 390 g/mol. The number of allylic oxidation sites excluding steroid dienone is 1. The van der Waals surface area contributed by atoms with Crippen LogP contribution in [0.5, 0.6) is 0 Å². The van der Waals surface area contributed by atoms with Gasteiger partial charge in [0.1, 0.15) is 17.6 Å². The summed E-state index contributed by atoms with van der Waals surface area (Å²) >= 11 is 0. The zero-order valence-electron chi connectivity index (χ0n) is 15.9. The molecule has 0 aromatic rings. The average Bonchev–Trinajstić information content (AvgIpc) is 3.10. The van der Waals surface area contributed by atoms with E-state index in [9.17, 15) is 19.5 Å². The van der Waals surface area contributed by atoms with Crippen LogP contribution in [0.1, 0.15) is 27.2 Å². The van der Waals surface area contributed by atoms with Gasteiger partial charge in [0.05, 0.1) is 18.8 Å². The first-order valence-electron chi connectivity index (χ1n) is 8.91. The van der Waals surface area contributed by atoms with E-state index in [4.69, 9.17) is 19.3 Å². The first kappa shape index (κ1) is 20.0. The van der Waals surface area contributed by atoms with Crippen molar-refractivity contribution in [3.05, 3.63) is 46.5 Å². The van der Waals surface area contributed by atoms with Gasteiger partial charge in [0.2, 0.25) is 5.78 Å². The largest absolute Gasteiger partial charge is 0.479 e. The van der Waals surface area contributed by atoms with Gasteiger partial charge in [-0.3, -0.25) is 4.79 Å². The first-order valence-corrected chi connectivity index (χ1v) is 8.91. The molecule has 0 radical (unpaired) electrons. The molecule has 8 nitrogen and oxygen atoms in total. The van der Waals surface area contributed by atoms with Crippen LogP contribution in [0.3, 0.4) is 0 Å². The van der Waals surface area contributed by atoms with Gasteiger partial charge in [-0.15, -0.1) is 0 Å². The Morgan fingerprint density at radius 2 is 2.11 bits per heavy atom. The fraction of sp³-hybridized carbons (Fsp3) is 0.450. The van der Waals surface area contributed by atoms with E-state index >= 15 is 0 Å². The van der Waals surface area contributed by atoms with E-state index in [1.165, 1.54) is 12.2 Å². The molecule has 0 saturated heterocycles. The second kappa shape index (κ2) is 7.37. The lowest BCUT2D eigenvalue weighted by Gasteiger charge is -2.22. The van der Waals surface area contributed by atoms with Crippen LogP contribution in [0, 0.1) is 5.92 Å². The summed E-state index contributed by atoms with van der Waals surface area (Å²) in [6.07, 6.45) is 3.23. The summed E-state index contributed by atoms with van der Waals surface area (Å²) in [5.74, 6) is -1.57. The number of aliphatic hydroxyl groups is 2. The summed E-state index contributed by atoms with van der Waals surface area (Å²) in [5, 5.41) is 18.8. The zero-order chi connectivity index (χ0) is 20.6. The van der Waals surface area contributed by atoms with Crippen LogP contribution < -0.4 is 0 Å². The Labute approximate surface area is 161 Å². The number of hydrogen-bond acceptors (Lipinski definition) is 8. The lowest BCUT2D eigenvalue weighted by molar-refractivity contribution is -0.142. The second-order valence-electron chi connectivity index (χ2n) is 7.28. The Bertz CT molecular complexity index is 859. The SMILES string of the molecule is C/C(=C\C(=O)O[C@H]1C[C@H](C)C2=CC(=O)[C@](C)(/C=C3/OC(=O)C(CO)=C31)O2)CO. The van der Waals surface area contributed by atoms with Crippen LogP contribution in [0.15, 0.2) is 46.5 Å². The summed E-state index contributed by atoms with van der Waals surface area (Å²) < 4.78 is 16.6. The molecule has 0 fully saturated rings. The van der Waals surface area contributed by atoms with Crippen molar-refractivity contribution < 1.29 is 38.8 Å². The Morgan fingerprint density at radius 3 is 2.75 bits per heavy atom. The van der Waals surface area contributed by atoms with Gasteiger partial charge in [-0.05, 0) is 25.8 Å². The molecule has 0 aliphatic carbocycles. The van der Waals surface area contributed by atoms with Crippen LogP contribution >= 0.6 is 0 Å². The fourth-order valence-corrected chi connectivity index (χ4v) is 3.36. The van der Waals surface area contributed by atoms with E-state index in [1.54, 1.807) is 13.8 Å². The summed E-state index contributed by atoms with van der Waals surface area (Å²) in [5.41, 5.74) is -0.729. The minimum absolute atomic E-state index is 0.0260. The van der Waals surface area contributed by atoms with E-state index in [0.717, 1.165) is 6.08 Å². The molecule has 28 heavy (non-hydrogen) atoms. The molecular formula is C20H22O8. The van der Waals surface area contributed by atoms with E-state index in [1.807, 2.05) is 6.92 Å². The Kier molecular flexibility index (Phi) is 5.27. The van der Waals surface area contributed by atoms with Crippen molar-refractivity contribution >= 4 is 17.7 Å². The number of hydrogen-bond donors (Lipinski definition) is 2. The molecular weight excluding hydrogens is 368 g/mol. The lowest BCUT2D eigenvalue weighted by Crippen LogP contribution is -2.31. The van der Waals surface area contributed by atoms with Gasteiger partial charge in [-0.25, -0.2) is 9.59 Å². The van der Waals surface area contributed by atoms with Gasteiger partial charge in [-0.1, -0.05) is 6.92 Å². The van der Waals surface area contributed by atoms with Crippen LogP contribution in [-0.4, -0.2) is 52.9 Å². The molecule has 0 amide bonds. The van der Waals surface area contributed by atoms with Crippen LogP contribution in [0.2, 0.25) is 0 Å². The third kappa shape index (κ3) is 3.53. The topological polar surface area (TPSA) is 119 Å². The normalized spacial score (nSPS) is 31.7. The average molecular weight is 390 g/mol. The standard InChI is InChI=1S/C20H22O8/c1-10(8-21)4-17(24)26-14-5-11(2)13-6-16(23)20(3,28-13)7-15-18(14)12(9-22)19(25)27-15/h4,6-7,11,14,21-22H,5,8-9H2,1-3H3/b10-4+,15-7+/t11-,14-,20-/m0/s1. The molecule has 0 spiro atoms. The highest BCUT2D eigenvalue weighted by atomic mass is 16.6. The third-order valence-electron chi connectivity index (χ3n) is 4.94. The molecule has 0 saturated carbocycles. The number of esters is 2. The van der Waals surface area contributed by atoms with Crippen molar-refractivity contribution in [3.8, 4) is 0 Å². The predicted molar refractivity (Wildman–Crippen MR) is 95.4 cm³/mol. The highest BCUT2D eigenvalue weighted by Crippen LogP contribution is 2.41. The minimum Gasteiger partial charge on any atom is -0.479 e. The van der Waals surface area contributed by atoms with E-state index in [2.05, 4.69) is 0 Å². The second-order valence-corrected chi connectivity index (χ2v) is 7.28. The maximum Gasteiger partial charge on any atom is 0.342 e. The lowest BCUT2D eigenvalue weighted by atomic mass is 9.90. The highest BCUT2D eigenvalue weighted by Gasteiger charge is 2.46. The van der Waals surface area contributed by atoms with Gasteiger partial charge < -0.3 is 24.4 Å². The van der Waals surface area contributed by atoms with Crippen molar-refractivity contribution in [2.45, 2.75) is 38.9 Å². The van der Waals surface area contributed by atoms with E-state index in [-0.39, 0.29) is 41.6 Å². The Balaban J connectivity index is 2.08. The number of rotatable bonds is 4. The maximum absolute atomic E-state index is 12.4. The van der Waals surface area contributed by atoms with Gasteiger partial charge in [0.25, 0.3) is 0 Å².